The van der Waals surface area contributed by atoms with Crippen LogP contribution in [0.4, 0.5) is 5.69 Å². The van der Waals surface area contributed by atoms with Crippen molar-refractivity contribution in [1.29, 1.82) is 0 Å². The zero-order valence-electron chi connectivity index (χ0n) is 16.2. The molecule has 0 aromatic heterocycles. The first-order chi connectivity index (χ1) is 13.1. The van der Waals surface area contributed by atoms with Crippen molar-refractivity contribution in [2.75, 3.05) is 31.5 Å². The van der Waals surface area contributed by atoms with Crippen LogP contribution < -0.4 is 5.32 Å². The third-order valence-corrected chi connectivity index (χ3v) is 5.95. The van der Waals surface area contributed by atoms with E-state index >= 15 is 0 Å². The molecule has 1 saturated heterocycles. The van der Waals surface area contributed by atoms with Crippen LogP contribution in [-0.4, -0.2) is 53.8 Å². The maximum Gasteiger partial charge on any atom is 0.255 e. The van der Waals surface area contributed by atoms with Gasteiger partial charge in [0.2, 0.25) is 5.91 Å². The number of rotatable bonds is 6. The number of hydrogen-bond acceptors (Lipinski definition) is 3. The Morgan fingerprint density at radius 3 is 2.52 bits per heavy atom. The van der Waals surface area contributed by atoms with Crippen LogP contribution in [0, 0.1) is 0 Å². The smallest absolute Gasteiger partial charge is 0.255 e. The first-order valence-electron chi connectivity index (χ1n) is 10.2. The van der Waals surface area contributed by atoms with E-state index in [4.69, 9.17) is 11.6 Å². The van der Waals surface area contributed by atoms with Crippen molar-refractivity contribution >= 4 is 29.1 Å². The first-order valence-corrected chi connectivity index (χ1v) is 10.6. The predicted molar refractivity (Wildman–Crippen MR) is 109 cm³/mol. The minimum absolute atomic E-state index is 0.0127. The molecule has 2 aliphatic rings. The Morgan fingerprint density at radius 2 is 1.85 bits per heavy atom. The summed E-state index contributed by atoms with van der Waals surface area (Å²) in [5, 5.41) is 3.75. The summed E-state index contributed by atoms with van der Waals surface area (Å²) in [4.78, 5) is 29.5. The molecule has 27 heavy (non-hydrogen) atoms. The van der Waals surface area contributed by atoms with Crippen molar-refractivity contribution in [2.45, 2.75) is 57.9 Å². The SMILES string of the molecule is CCN(C(=O)CNc1cc(Cl)ccc1C(=O)N1CCCC1)C1CCCCC1. The summed E-state index contributed by atoms with van der Waals surface area (Å²) in [7, 11) is 0. The van der Waals surface area contributed by atoms with E-state index in [-0.39, 0.29) is 18.4 Å². The maximum atomic E-state index is 12.8. The predicted octanol–water partition coefficient (Wildman–Crippen LogP) is 4.17. The van der Waals surface area contributed by atoms with Crippen LogP contribution in [0.25, 0.3) is 0 Å². The highest BCUT2D eigenvalue weighted by Crippen LogP contribution is 2.25. The van der Waals surface area contributed by atoms with Crippen LogP contribution in [0.2, 0.25) is 5.02 Å². The number of likely N-dealkylation sites (tertiary alicyclic amines) is 1. The summed E-state index contributed by atoms with van der Waals surface area (Å²) in [6.07, 6.45) is 7.95. The molecule has 6 heteroatoms. The number of halogens is 1. The van der Waals surface area contributed by atoms with E-state index in [0.29, 0.717) is 22.3 Å². The number of anilines is 1. The van der Waals surface area contributed by atoms with Gasteiger partial charge in [-0.05, 0) is 50.8 Å². The Morgan fingerprint density at radius 1 is 1.15 bits per heavy atom. The van der Waals surface area contributed by atoms with Gasteiger partial charge in [0.15, 0.2) is 0 Å². The monoisotopic (exact) mass is 391 g/mol. The van der Waals surface area contributed by atoms with Crippen LogP contribution in [0.1, 0.15) is 62.2 Å². The lowest BCUT2D eigenvalue weighted by atomic mass is 9.94. The minimum Gasteiger partial charge on any atom is -0.375 e. The van der Waals surface area contributed by atoms with E-state index in [0.717, 1.165) is 45.3 Å². The largest absolute Gasteiger partial charge is 0.375 e. The molecule has 0 radical (unpaired) electrons. The molecule has 2 fully saturated rings. The summed E-state index contributed by atoms with van der Waals surface area (Å²) >= 11 is 6.15. The van der Waals surface area contributed by atoms with Gasteiger partial charge in [-0.1, -0.05) is 30.9 Å². The van der Waals surface area contributed by atoms with Crippen molar-refractivity contribution in [3.8, 4) is 0 Å². The van der Waals surface area contributed by atoms with Crippen LogP contribution in [0.3, 0.4) is 0 Å². The summed E-state index contributed by atoms with van der Waals surface area (Å²) in [5.74, 6) is 0.0997. The van der Waals surface area contributed by atoms with Crippen molar-refractivity contribution in [3.05, 3.63) is 28.8 Å². The fourth-order valence-electron chi connectivity index (χ4n) is 4.24. The van der Waals surface area contributed by atoms with Crippen molar-refractivity contribution in [3.63, 3.8) is 0 Å². The van der Waals surface area contributed by atoms with Gasteiger partial charge in [0.05, 0.1) is 12.1 Å². The number of nitrogens with zero attached hydrogens (tertiary/aromatic N) is 2. The second-order valence-electron chi connectivity index (χ2n) is 7.51. The van der Waals surface area contributed by atoms with Crippen LogP contribution in [-0.2, 0) is 4.79 Å². The van der Waals surface area contributed by atoms with Crippen molar-refractivity contribution in [2.24, 2.45) is 0 Å². The van der Waals surface area contributed by atoms with Gasteiger partial charge in [-0.25, -0.2) is 0 Å². The highest BCUT2D eigenvalue weighted by molar-refractivity contribution is 6.31. The van der Waals surface area contributed by atoms with Crippen LogP contribution >= 0.6 is 11.6 Å². The molecule has 1 heterocycles. The first kappa shape index (κ1) is 20.0. The molecule has 1 saturated carbocycles. The highest BCUT2D eigenvalue weighted by atomic mass is 35.5. The zero-order valence-corrected chi connectivity index (χ0v) is 16.9. The van der Waals surface area contributed by atoms with Gasteiger partial charge in [0.25, 0.3) is 5.91 Å². The number of benzene rings is 1. The lowest BCUT2D eigenvalue weighted by molar-refractivity contribution is -0.132. The average molecular weight is 392 g/mol. The second kappa shape index (κ2) is 9.45. The fourth-order valence-corrected chi connectivity index (χ4v) is 4.42. The molecule has 1 aromatic carbocycles. The lowest BCUT2D eigenvalue weighted by Gasteiger charge is -2.33. The second-order valence-corrected chi connectivity index (χ2v) is 7.95. The lowest BCUT2D eigenvalue weighted by Crippen LogP contribution is -2.44. The van der Waals surface area contributed by atoms with Gasteiger partial charge in [-0.2, -0.15) is 0 Å². The molecule has 1 N–H and O–H groups in total. The minimum atomic E-state index is 0.0127. The Bertz CT molecular complexity index is 667. The molecule has 0 unspecified atom stereocenters. The quantitative estimate of drug-likeness (QED) is 0.791. The van der Waals surface area contributed by atoms with Gasteiger partial charge in [-0.15, -0.1) is 0 Å². The Hall–Kier alpha value is -1.75. The fraction of sp³-hybridized carbons (Fsp3) is 0.619. The third kappa shape index (κ3) is 4.95. The number of hydrogen-bond donors (Lipinski definition) is 1. The summed E-state index contributed by atoms with van der Waals surface area (Å²) in [6.45, 7) is 4.54. The normalized spacial score (nSPS) is 17.8. The maximum absolute atomic E-state index is 12.8. The molecule has 0 spiro atoms. The molecular weight excluding hydrogens is 362 g/mol. The average Bonchev–Trinajstić information content (AvgIpc) is 3.22. The standard InChI is InChI=1S/C21H30ClN3O2/c1-2-25(17-8-4-3-5-9-17)20(26)15-23-19-14-16(22)10-11-18(19)21(27)24-12-6-7-13-24/h10-11,14,17,23H,2-9,12-13,15H2,1H3. The summed E-state index contributed by atoms with van der Waals surface area (Å²) in [5.41, 5.74) is 1.24. The molecule has 1 aliphatic carbocycles. The van der Waals surface area contributed by atoms with Crippen LogP contribution in [0.5, 0.6) is 0 Å². The summed E-state index contributed by atoms with van der Waals surface area (Å²) in [6, 6.07) is 5.59. The number of carbonyl (C=O) groups excluding carboxylic acids is 2. The number of nitrogens with one attached hydrogen (secondary N) is 1. The molecule has 2 amide bonds. The molecule has 148 valence electrons. The zero-order chi connectivity index (χ0) is 19.2. The Kier molecular flexibility index (Phi) is 7.00. The van der Waals surface area contributed by atoms with Gasteiger partial charge in [0.1, 0.15) is 0 Å². The molecule has 3 rings (SSSR count). The summed E-state index contributed by atoms with van der Waals surface area (Å²) < 4.78 is 0. The highest BCUT2D eigenvalue weighted by Gasteiger charge is 2.25. The van der Waals surface area contributed by atoms with Gasteiger partial charge in [-0.3, -0.25) is 9.59 Å². The molecular formula is C21H30ClN3O2. The number of likely N-dealkylation sites (N-methyl/N-ethyl adjacent to an activating group) is 1. The van der Waals surface area contributed by atoms with E-state index in [1.54, 1.807) is 18.2 Å². The van der Waals surface area contributed by atoms with E-state index in [1.807, 2.05) is 16.7 Å². The van der Waals surface area contributed by atoms with Crippen molar-refractivity contribution in [1.82, 2.24) is 9.80 Å². The number of amides is 2. The number of carbonyl (C=O) groups is 2. The molecule has 1 aliphatic heterocycles. The molecule has 0 atom stereocenters. The van der Waals surface area contributed by atoms with Gasteiger partial charge < -0.3 is 15.1 Å². The molecule has 5 nitrogen and oxygen atoms in total. The Labute approximate surface area is 167 Å². The van der Waals surface area contributed by atoms with Crippen LogP contribution in [0.15, 0.2) is 18.2 Å². The topological polar surface area (TPSA) is 52.7 Å². The van der Waals surface area contributed by atoms with E-state index in [9.17, 15) is 9.59 Å². The van der Waals surface area contributed by atoms with E-state index < -0.39 is 0 Å². The van der Waals surface area contributed by atoms with E-state index in [2.05, 4.69) is 5.32 Å². The van der Waals surface area contributed by atoms with Crippen molar-refractivity contribution < 1.29 is 9.59 Å². The Balaban J connectivity index is 1.68. The third-order valence-electron chi connectivity index (χ3n) is 5.71. The molecule has 0 bridgehead atoms. The van der Waals surface area contributed by atoms with Gasteiger partial charge >= 0.3 is 0 Å². The molecule has 1 aromatic rings. The van der Waals surface area contributed by atoms with Gasteiger partial charge in [0, 0.05) is 36.4 Å². The van der Waals surface area contributed by atoms with E-state index in [1.165, 1.54) is 19.3 Å².